The van der Waals surface area contributed by atoms with E-state index in [0.29, 0.717) is 24.7 Å². The summed E-state index contributed by atoms with van der Waals surface area (Å²) in [6.45, 7) is 6.46. The topological polar surface area (TPSA) is 55.1 Å². The average Bonchev–Trinajstić information content (AvgIpc) is 3.16. The van der Waals surface area contributed by atoms with Gasteiger partial charge in [-0.05, 0) is 25.7 Å². The van der Waals surface area contributed by atoms with E-state index in [4.69, 9.17) is 9.40 Å². The van der Waals surface area contributed by atoms with E-state index < -0.39 is 0 Å². The van der Waals surface area contributed by atoms with Crippen LogP contribution in [-0.4, -0.2) is 16.9 Å². The fourth-order valence-electron chi connectivity index (χ4n) is 3.27. The summed E-state index contributed by atoms with van der Waals surface area (Å²) in [5.74, 6) is 2.03. The van der Waals surface area contributed by atoms with Crippen LogP contribution in [0.15, 0.2) is 65.1 Å². The Bertz CT molecular complexity index is 844. The lowest BCUT2D eigenvalue weighted by Gasteiger charge is -2.14. The van der Waals surface area contributed by atoms with Crippen LogP contribution in [0.5, 0.6) is 0 Å². The van der Waals surface area contributed by atoms with Gasteiger partial charge in [0.25, 0.3) is 0 Å². The second-order valence-electron chi connectivity index (χ2n) is 7.96. The molecule has 29 heavy (non-hydrogen) atoms. The Morgan fingerprint density at radius 1 is 0.931 bits per heavy atom. The molecule has 0 fully saturated rings. The third-order valence-electron chi connectivity index (χ3n) is 4.91. The summed E-state index contributed by atoms with van der Waals surface area (Å²) in [5.41, 5.74) is 2.81. The summed E-state index contributed by atoms with van der Waals surface area (Å²) in [6, 6.07) is 20.2. The van der Waals surface area contributed by atoms with Gasteiger partial charge in [0.2, 0.25) is 5.91 Å². The Labute approximate surface area is 173 Å². The molecular formula is C25H30N2O2. The smallest absolute Gasteiger partial charge is 0.220 e. The van der Waals surface area contributed by atoms with E-state index in [-0.39, 0.29) is 11.9 Å². The molecule has 0 aliphatic rings. The van der Waals surface area contributed by atoms with Crippen molar-refractivity contribution >= 4 is 5.91 Å². The monoisotopic (exact) mass is 390 g/mol. The molecule has 1 aromatic heterocycles. The van der Waals surface area contributed by atoms with Gasteiger partial charge in [0, 0.05) is 30.0 Å². The summed E-state index contributed by atoms with van der Waals surface area (Å²) in [6.07, 6.45) is 2.96. The number of benzene rings is 2. The molecule has 152 valence electrons. The Kier molecular flexibility index (Phi) is 7.23. The normalized spacial score (nSPS) is 12.1. The molecule has 0 aliphatic carbocycles. The third kappa shape index (κ3) is 6.05. The Morgan fingerprint density at radius 3 is 2.17 bits per heavy atom. The number of aromatic nitrogens is 1. The summed E-state index contributed by atoms with van der Waals surface area (Å²) in [7, 11) is 0. The van der Waals surface area contributed by atoms with Crippen LogP contribution >= 0.6 is 0 Å². The van der Waals surface area contributed by atoms with Gasteiger partial charge in [-0.15, -0.1) is 0 Å². The minimum Gasteiger partial charge on any atom is -0.440 e. The van der Waals surface area contributed by atoms with Crippen molar-refractivity contribution in [2.45, 2.75) is 52.5 Å². The molecule has 4 nitrogen and oxygen atoms in total. The average molecular weight is 391 g/mol. The molecule has 1 heterocycles. The first-order valence-electron chi connectivity index (χ1n) is 10.4. The molecule has 0 saturated heterocycles. The number of oxazole rings is 1. The van der Waals surface area contributed by atoms with Gasteiger partial charge in [-0.3, -0.25) is 4.79 Å². The Balaban J connectivity index is 1.70. The number of aryl methyl sites for hydroxylation is 1. The van der Waals surface area contributed by atoms with E-state index in [1.165, 1.54) is 0 Å². The Morgan fingerprint density at radius 2 is 1.55 bits per heavy atom. The van der Waals surface area contributed by atoms with Crippen molar-refractivity contribution in [2.75, 3.05) is 0 Å². The largest absolute Gasteiger partial charge is 0.440 e. The highest BCUT2D eigenvalue weighted by Crippen LogP contribution is 2.32. The minimum atomic E-state index is 0.0435. The number of nitrogens with zero attached hydrogens (tertiary/aromatic N) is 1. The minimum absolute atomic E-state index is 0.0435. The summed E-state index contributed by atoms with van der Waals surface area (Å²) >= 11 is 0. The van der Waals surface area contributed by atoms with E-state index in [9.17, 15) is 4.79 Å². The van der Waals surface area contributed by atoms with Crippen molar-refractivity contribution in [2.24, 2.45) is 5.92 Å². The highest BCUT2D eigenvalue weighted by molar-refractivity contribution is 5.78. The predicted octanol–water partition coefficient (Wildman–Crippen LogP) is 5.88. The highest BCUT2D eigenvalue weighted by Gasteiger charge is 2.17. The molecule has 2 aromatic carbocycles. The van der Waals surface area contributed by atoms with Crippen LogP contribution in [0.25, 0.3) is 22.6 Å². The first kappa shape index (κ1) is 20.8. The van der Waals surface area contributed by atoms with Gasteiger partial charge in [-0.2, -0.15) is 0 Å². The fraction of sp³-hybridized carbons (Fsp3) is 0.360. The number of hydrogen-bond donors (Lipinski definition) is 1. The Hall–Kier alpha value is -2.88. The third-order valence-corrected chi connectivity index (χ3v) is 4.91. The molecule has 1 amide bonds. The molecule has 0 bridgehead atoms. The molecule has 1 N–H and O–H groups in total. The van der Waals surface area contributed by atoms with Crippen molar-refractivity contribution in [3.8, 4) is 22.6 Å². The van der Waals surface area contributed by atoms with Crippen LogP contribution in [0, 0.1) is 5.92 Å². The first-order chi connectivity index (χ1) is 14.0. The van der Waals surface area contributed by atoms with Gasteiger partial charge < -0.3 is 9.73 Å². The quantitative estimate of drug-likeness (QED) is 0.496. The molecule has 0 spiro atoms. The molecule has 1 atom stereocenters. The summed E-state index contributed by atoms with van der Waals surface area (Å²) in [5, 5.41) is 3.08. The number of hydrogen-bond acceptors (Lipinski definition) is 3. The van der Waals surface area contributed by atoms with Crippen molar-refractivity contribution in [1.29, 1.82) is 0 Å². The maximum atomic E-state index is 12.3. The van der Waals surface area contributed by atoms with Crippen LogP contribution in [0.3, 0.4) is 0 Å². The molecule has 1 unspecified atom stereocenters. The van der Waals surface area contributed by atoms with Crippen molar-refractivity contribution in [1.82, 2.24) is 10.3 Å². The predicted molar refractivity (Wildman–Crippen MR) is 117 cm³/mol. The molecule has 0 aliphatic heterocycles. The van der Waals surface area contributed by atoms with Gasteiger partial charge in [-0.25, -0.2) is 4.98 Å². The summed E-state index contributed by atoms with van der Waals surface area (Å²) < 4.78 is 6.10. The van der Waals surface area contributed by atoms with E-state index in [2.05, 4.69) is 26.1 Å². The zero-order valence-corrected chi connectivity index (χ0v) is 17.5. The molecule has 4 heteroatoms. The van der Waals surface area contributed by atoms with Gasteiger partial charge in [0.1, 0.15) is 5.69 Å². The van der Waals surface area contributed by atoms with E-state index >= 15 is 0 Å². The lowest BCUT2D eigenvalue weighted by Crippen LogP contribution is -2.32. The van der Waals surface area contributed by atoms with Crippen molar-refractivity contribution in [3.05, 3.63) is 66.6 Å². The van der Waals surface area contributed by atoms with Gasteiger partial charge >= 0.3 is 0 Å². The molecular weight excluding hydrogens is 360 g/mol. The van der Waals surface area contributed by atoms with Crippen LogP contribution in [0.1, 0.15) is 45.9 Å². The maximum Gasteiger partial charge on any atom is 0.220 e. The van der Waals surface area contributed by atoms with E-state index in [1.807, 2.05) is 60.7 Å². The first-order valence-corrected chi connectivity index (χ1v) is 10.4. The molecule has 0 saturated carbocycles. The van der Waals surface area contributed by atoms with Gasteiger partial charge in [0.05, 0.1) is 0 Å². The maximum absolute atomic E-state index is 12.3. The number of rotatable bonds is 9. The van der Waals surface area contributed by atoms with Gasteiger partial charge in [-0.1, -0.05) is 74.5 Å². The van der Waals surface area contributed by atoms with Crippen LogP contribution in [0.4, 0.5) is 0 Å². The van der Waals surface area contributed by atoms with Crippen LogP contribution in [-0.2, 0) is 11.2 Å². The number of nitrogens with one attached hydrogen (secondary N) is 1. The number of amides is 1. The zero-order chi connectivity index (χ0) is 20.6. The lowest BCUT2D eigenvalue weighted by atomic mass is 10.0. The highest BCUT2D eigenvalue weighted by atomic mass is 16.4. The van der Waals surface area contributed by atoms with E-state index in [0.717, 1.165) is 35.4 Å². The zero-order valence-electron chi connectivity index (χ0n) is 17.5. The molecule has 0 radical (unpaired) electrons. The second kappa shape index (κ2) is 10.1. The molecule has 3 rings (SSSR count). The molecule has 3 aromatic rings. The standard InChI is InChI=1S/C25H30N2O2/c1-18(2)14-15-19(3)26-22(28)16-17-23-27-24(20-10-6-4-7-11-20)25(29-23)21-12-8-5-9-13-21/h4-13,18-19H,14-17H2,1-3H3,(H,26,28). The van der Waals surface area contributed by atoms with E-state index in [1.54, 1.807) is 0 Å². The fourth-order valence-corrected chi connectivity index (χ4v) is 3.27. The lowest BCUT2D eigenvalue weighted by molar-refractivity contribution is -0.121. The van der Waals surface area contributed by atoms with Crippen molar-refractivity contribution < 1.29 is 9.21 Å². The van der Waals surface area contributed by atoms with Gasteiger partial charge in [0.15, 0.2) is 11.7 Å². The summed E-state index contributed by atoms with van der Waals surface area (Å²) in [4.78, 5) is 17.0. The second-order valence-corrected chi connectivity index (χ2v) is 7.96. The van der Waals surface area contributed by atoms with Crippen LogP contribution in [0.2, 0.25) is 0 Å². The van der Waals surface area contributed by atoms with Crippen molar-refractivity contribution in [3.63, 3.8) is 0 Å². The number of carbonyl (C=O) groups is 1. The van der Waals surface area contributed by atoms with Crippen LogP contribution < -0.4 is 5.32 Å². The SMILES string of the molecule is CC(C)CCC(C)NC(=O)CCc1nc(-c2ccccc2)c(-c2ccccc2)o1. The number of carbonyl (C=O) groups excluding carboxylic acids is 1.